The van der Waals surface area contributed by atoms with Gasteiger partial charge in [-0.2, -0.15) is 0 Å². The Kier molecular flexibility index (Phi) is 3.17. The van der Waals surface area contributed by atoms with E-state index in [1.54, 1.807) is 0 Å². The largest absolute Gasteiger partial charge is 0.478 e. The van der Waals surface area contributed by atoms with Crippen LogP contribution in [0.4, 0.5) is 5.69 Å². The van der Waals surface area contributed by atoms with Crippen molar-refractivity contribution in [3.05, 3.63) is 52.1 Å². The fourth-order valence-electron chi connectivity index (χ4n) is 1.19. The molecular formula is C10H9NO4. The van der Waals surface area contributed by atoms with Crippen LogP contribution in [0.5, 0.6) is 0 Å². The Hall–Kier alpha value is -2.17. The lowest BCUT2D eigenvalue weighted by Crippen LogP contribution is -2.00. The average molecular weight is 207 g/mol. The van der Waals surface area contributed by atoms with Crippen molar-refractivity contribution in [1.29, 1.82) is 0 Å². The van der Waals surface area contributed by atoms with E-state index < -0.39 is 10.9 Å². The van der Waals surface area contributed by atoms with Crippen molar-refractivity contribution in [3.63, 3.8) is 0 Å². The number of carboxylic acids is 1. The van der Waals surface area contributed by atoms with Gasteiger partial charge in [0, 0.05) is 11.6 Å². The van der Waals surface area contributed by atoms with Crippen LogP contribution in [-0.4, -0.2) is 16.0 Å². The van der Waals surface area contributed by atoms with Gasteiger partial charge < -0.3 is 5.11 Å². The second kappa shape index (κ2) is 4.36. The van der Waals surface area contributed by atoms with Crippen molar-refractivity contribution in [2.75, 3.05) is 0 Å². The van der Waals surface area contributed by atoms with Crippen molar-refractivity contribution in [1.82, 2.24) is 0 Å². The molecule has 0 aliphatic rings. The van der Waals surface area contributed by atoms with Crippen LogP contribution in [0.3, 0.4) is 0 Å². The quantitative estimate of drug-likeness (QED) is 0.465. The van der Waals surface area contributed by atoms with Crippen molar-refractivity contribution in [3.8, 4) is 0 Å². The normalized spacial score (nSPS) is 9.60. The zero-order valence-corrected chi connectivity index (χ0v) is 7.84. The Labute approximate surface area is 85.8 Å². The van der Waals surface area contributed by atoms with E-state index in [4.69, 9.17) is 5.11 Å². The molecule has 1 aromatic carbocycles. The molecule has 0 saturated carbocycles. The molecule has 1 N–H and O–H groups in total. The lowest BCUT2D eigenvalue weighted by Gasteiger charge is -2.00. The third-order valence-electron chi connectivity index (χ3n) is 1.89. The number of hydrogen-bond donors (Lipinski definition) is 1. The van der Waals surface area contributed by atoms with Gasteiger partial charge in [-0.1, -0.05) is 12.1 Å². The molecule has 0 aromatic heterocycles. The van der Waals surface area contributed by atoms with Crippen LogP contribution in [-0.2, 0) is 6.42 Å². The molecule has 1 rings (SSSR count). The molecule has 0 fully saturated rings. The Balaban J connectivity index is 3.26. The van der Waals surface area contributed by atoms with Crippen molar-refractivity contribution in [2.24, 2.45) is 0 Å². The summed E-state index contributed by atoms with van der Waals surface area (Å²) in [6, 6.07) is 3.83. The zero-order valence-electron chi connectivity index (χ0n) is 7.84. The summed E-state index contributed by atoms with van der Waals surface area (Å²) in [4.78, 5) is 20.7. The summed E-state index contributed by atoms with van der Waals surface area (Å²) in [6.45, 7) is 3.48. The fourth-order valence-corrected chi connectivity index (χ4v) is 1.19. The molecule has 0 atom stereocenters. The maximum Gasteiger partial charge on any atom is 0.335 e. The Morgan fingerprint density at radius 2 is 2.27 bits per heavy atom. The minimum Gasteiger partial charge on any atom is -0.478 e. The number of benzene rings is 1. The van der Waals surface area contributed by atoms with Gasteiger partial charge in [0.15, 0.2) is 0 Å². The van der Waals surface area contributed by atoms with E-state index >= 15 is 0 Å². The smallest absolute Gasteiger partial charge is 0.335 e. The summed E-state index contributed by atoms with van der Waals surface area (Å²) in [6.07, 6.45) is 1.87. The first-order valence-corrected chi connectivity index (χ1v) is 4.17. The molecule has 0 spiro atoms. The van der Waals surface area contributed by atoms with E-state index in [0.29, 0.717) is 12.0 Å². The van der Waals surface area contributed by atoms with Crippen LogP contribution in [0.25, 0.3) is 0 Å². The standard InChI is InChI=1S/C10H9NO4/c1-2-3-7-4-5-8(10(12)13)6-9(7)11(14)15/h2,4-6H,1,3H2,(H,12,13). The lowest BCUT2D eigenvalue weighted by atomic mass is 10.1. The number of hydrogen-bond acceptors (Lipinski definition) is 3. The molecule has 0 bridgehead atoms. The average Bonchev–Trinajstić information content (AvgIpc) is 2.18. The van der Waals surface area contributed by atoms with Crippen molar-refractivity contribution in [2.45, 2.75) is 6.42 Å². The molecule has 1 aromatic rings. The highest BCUT2D eigenvalue weighted by atomic mass is 16.6. The van der Waals surface area contributed by atoms with Gasteiger partial charge in [-0.05, 0) is 12.5 Å². The Morgan fingerprint density at radius 3 is 2.73 bits per heavy atom. The molecule has 0 radical (unpaired) electrons. The third-order valence-corrected chi connectivity index (χ3v) is 1.89. The van der Waals surface area contributed by atoms with Gasteiger partial charge >= 0.3 is 5.97 Å². The van der Waals surface area contributed by atoms with Crippen LogP contribution in [0.1, 0.15) is 15.9 Å². The molecule has 0 heterocycles. The van der Waals surface area contributed by atoms with Gasteiger partial charge in [0.25, 0.3) is 5.69 Å². The van der Waals surface area contributed by atoms with Crippen LogP contribution >= 0.6 is 0 Å². The van der Waals surface area contributed by atoms with Gasteiger partial charge in [0.1, 0.15) is 0 Å². The maximum absolute atomic E-state index is 10.6. The van der Waals surface area contributed by atoms with Crippen LogP contribution in [0.2, 0.25) is 0 Å². The summed E-state index contributed by atoms with van der Waals surface area (Å²) in [5.74, 6) is -1.18. The first-order valence-electron chi connectivity index (χ1n) is 4.17. The molecule has 0 aliphatic carbocycles. The summed E-state index contributed by atoms with van der Waals surface area (Å²) in [5.41, 5.74) is 0.185. The van der Waals surface area contributed by atoms with Gasteiger partial charge in [0.2, 0.25) is 0 Å². The van der Waals surface area contributed by atoms with Gasteiger partial charge in [-0.3, -0.25) is 10.1 Å². The highest BCUT2D eigenvalue weighted by Crippen LogP contribution is 2.21. The van der Waals surface area contributed by atoms with Crippen molar-refractivity contribution >= 4 is 11.7 Å². The van der Waals surface area contributed by atoms with E-state index in [9.17, 15) is 14.9 Å². The second-order valence-electron chi connectivity index (χ2n) is 2.90. The number of carboxylic acid groups (broad SMARTS) is 1. The fraction of sp³-hybridized carbons (Fsp3) is 0.100. The third kappa shape index (κ3) is 2.40. The predicted molar refractivity (Wildman–Crippen MR) is 54.0 cm³/mol. The molecule has 78 valence electrons. The molecule has 5 heteroatoms. The number of nitro benzene ring substituents is 1. The minimum atomic E-state index is -1.18. The van der Waals surface area contributed by atoms with Crippen molar-refractivity contribution < 1.29 is 14.8 Å². The number of nitrogens with zero attached hydrogens (tertiary/aromatic N) is 1. The Morgan fingerprint density at radius 1 is 1.60 bits per heavy atom. The number of carbonyl (C=O) groups is 1. The van der Waals surface area contributed by atoms with Gasteiger partial charge in [0.05, 0.1) is 10.5 Å². The first kappa shape index (κ1) is 10.9. The van der Waals surface area contributed by atoms with E-state index in [1.165, 1.54) is 18.2 Å². The maximum atomic E-state index is 10.6. The minimum absolute atomic E-state index is 0.0884. The topological polar surface area (TPSA) is 80.4 Å². The number of aromatic carboxylic acids is 1. The van der Waals surface area contributed by atoms with E-state index in [0.717, 1.165) is 6.07 Å². The van der Waals surface area contributed by atoms with Gasteiger partial charge in [-0.25, -0.2) is 4.79 Å². The second-order valence-corrected chi connectivity index (χ2v) is 2.90. The number of allylic oxidation sites excluding steroid dienone is 1. The number of nitro groups is 1. The molecule has 0 amide bonds. The van der Waals surface area contributed by atoms with E-state index in [-0.39, 0.29) is 11.3 Å². The molecule has 0 aliphatic heterocycles. The van der Waals surface area contributed by atoms with Crippen LogP contribution < -0.4 is 0 Å². The molecule has 15 heavy (non-hydrogen) atoms. The lowest BCUT2D eigenvalue weighted by molar-refractivity contribution is -0.385. The zero-order chi connectivity index (χ0) is 11.4. The highest BCUT2D eigenvalue weighted by molar-refractivity contribution is 5.88. The molecule has 0 saturated heterocycles. The molecule has 0 unspecified atom stereocenters. The molecule has 5 nitrogen and oxygen atoms in total. The van der Waals surface area contributed by atoms with E-state index in [1.807, 2.05) is 0 Å². The van der Waals surface area contributed by atoms with Crippen LogP contribution in [0.15, 0.2) is 30.9 Å². The summed E-state index contributed by atoms with van der Waals surface area (Å²) in [5, 5.41) is 19.3. The first-order chi connectivity index (χ1) is 7.06. The molecular weight excluding hydrogens is 198 g/mol. The highest BCUT2D eigenvalue weighted by Gasteiger charge is 2.15. The monoisotopic (exact) mass is 207 g/mol. The SMILES string of the molecule is C=CCc1ccc(C(=O)O)cc1[N+](=O)[O-]. The van der Waals surface area contributed by atoms with E-state index in [2.05, 4.69) is 6.58 Å². The summed E-state index contributed by atoms with van der Waals surface area (Å²) < 4.78 is 0. The summed E-state index contributed by atoms with van der Waals surface area (Å²) >= 11 is 0. The number of rotatable bonds is 4. The van der Waals surface area contributed by atoms with Crippen LogP contribution in [0, 0.1) is 10.1 Å². The summed E-state index contributed by atoms with van der Waals surface area (Å²) in [7, 11) is 0. The Bertz CT molecular complexity index is 425. The van der Waals surface area contributed by atoms with Gasteiger partial charge in [-0.15, -0.1) is 6.58 Å². The predicted octanol–water partition coefficient (Wildman–Crippen LogP) is 2.02.